The van der Waals surface area contributed by atoms with Crippen LogP contribution in [-0.2, 0) is 4.79 Å². The van der Waals surface area contributed by atoms with E-state index in [1.165, 1.54) is 11.8 Å². The van der Waals surface area contributed by atoms with Crippen molar-refractivity contribution in [2.24, 2.45) is 0 Å². The molecule has 0 aromatic heterocycles. The van der Waals surface area contributed by atoms with E-state index >= 15 is 0 Å². The highest BCUT2D eigenvalue weighted by atomic mass is 32.2. The lowest BCUT2D eigenvalue weighted by Crippen LogP contribution is -2.35. The van der Waals surface area contributed by atoms with Gasteiger partial charge in [0, 0.05) is 4.90 Å². The van der Waals surface area contributed by atoms with Crippen LogP contribution in [0.15, 0.2) is 77.7 Å². The van der Waals surface area contributed by atoms with Gasteiger partial charge in [0.15, 0.2) is 11.5 Å². The van der Waals surface area contributed by atoms with Crippen LogP contribution in [-0.4, -0.2) is 25.4 Å². The van der Waals surface area contributed by atoms with Crippen molar-refractivity contribution >= 4 is 17.7 Å². The Balaban J connectivity index is 1.80. The van der Waals surface area contributed by atoms with E-state index in [0.717, 1.165) is 21.6 Å². The van der Waals surface area contributed by atoms with Gasteiger partial charge in [-0.2, -0.15) is 0 Å². The monoisotopic (exact) mass is 421 g/mol. The molecule has 0 aliphatic rings. The van der Waals surface area contributed by atoms with E-state index < -0.39 is 0 Å². The van der Waals surface area contributed by atoms with Gasteiger partial charge in [-0.15, -0.1) is 11.8 Å². The van der Waals surface area contributed by atoms with Crippen molar-refractivity contribution < 1.29 is 14.3 Å². The van der Waals surface area contributed by atoms with E-state index in [-0.39, 0.29) is 17.2 Å². The van der Waals surface area contributed by atoms with Crippen molar-refractivity contribution in [2.75, 3.05) is 14.2 Å². The molecule has 4 nitrogen and oxygen atoms in total. The first-order chi connectivity index (χ1) is 14.5. The fourth-order valence-electron chi connectivity index (χ4n) is 3.30. The van der Waals surface area contributed by atoms with Crippen molar-refractivity contribution in [3.05, 3.63) is 89.5 Å². The smallest absolute Gasteiger partial charge is 0.233 e. The topological polar surface area (TPSA) is 47.6 Å². The Bertz CT molecular complexity index is 991. The van der Waals surface area contributed by atoms with Gasteiger partial charge in [-0.1, -0.05) is 54.6 Å². The molecule has 3 rings (SSSR count). The fourth-order valence-corrected chi connectivity index (χ4v) is 4.21. The number of amides is 1. The van der Waals surface area contributed by atoms with E-state index in [4.69, 9.17) is 9.47 Å². The summed E-state index contributed by atoms with van der Waals surface area (Å²) in [5.41, 5.74) is 3.30. The summed E-state index contributed by atoms with van der Waals surface area (Å²) < 4.78 is 10.7. The summed E-state index contributed by atoms with van der Waals surface area (Å²) in [4.78, 5) is 14.1. The Morgan fingerprint density at radius 2 is 1.57 bits per heavy atom. The molecule has 0 fully saturated rings. The van der Waals surface area contributed by atoms with E-state index in [1.54, 1.807) is 14.2 Å². The molecule has 0 saturated carbocycles. The number of benzene rings is 3. The first kappa shape index (κ1) is 21.8. The zero-order valence-corrected chi connectivity index (χ0v) is 18.5. The van der Waals surface area contributed by atoms with Crippen molar-refractivity contribution in [1.29, 1.82) is 0 Å². The summed E-state index contributed by atoms with van der Waals surface area (Å²) in [5, 5.41) is 2.97. The lowest BCUT2D eigenvalue weighted by molar-refractivity contribution is -0.120. The van der Waals surface area contributed by atoms with Crippen molar-refractivity contribution in [3.8, 4) is 11.5 Å². The number of ether oxygens (including phenoxy) is 2. The number of thioether (sulfide) groups is 1. The molecule has 0 bridgehead atoms. The summed E-state index contributed by atoms with van der Waals surface area (Å²) >= 11 is 1.49. The second-order valence-corrected chi connectivity index (χ2v) is 8.40. The van der Waals surface area contributed by atoms with Crippen molar-refractivity contribution in [1.82, 2.24) is 5.32 Å². The number of hydrogen-bond acceptors (Lipinski definition) is 4. The van der Waals surface area contributed by atoms with Gasteiger partial charge in [0.2, 0.25) is 5.91 Å². The minimum absolute atomic E-state index is 0.0214. The molecule has 30 heavy (non-hydrogen) atoms. The standard InChI is InChI=1S/C25H27NO3S/c1-17-10-8-9-13-21(17)24(19-11-6-5-7-12-19)26-25(27)18(2)30-20-14-15-22(28-3)23(16-20)29-4/h5-16,18,24H,1-4H3,(H,26,27)/t18-,24+/m1/s1. The van der Waals surface area contributed by atoms with Gasteiger partial charge in [-0.25, -0.2) is 0 Å². The molecule has 0 aliphatic heterocycles. The molecule has 0 aliphatic carbocycles. The predicted molar refractivity (Wildman–Crippen MR) is 122 cm³/mol. The summed E-state index contributed by atoms with van der Waals surface area (Å²) in [6.07, 6.45) is 0. The number of carbonyl (C=O) groups is 1. The minimum Gasteiger partial charge on any atom is -0.493 e. The second-order valence-electron chi connectivity index (χ2n) is 6.99. The zero-order valence-electron chi connectivity index (χ0n) is 17.7. The number of nitrogens with one attached hydrogen (secondary N) is 1. The van der Waals surface area contributed by atoms with Gasteiger partial charge in [0.05, 0.1) is 25.5 Å². The maximum Gasteiger partial charge on any atom is 0.233 e. The molecule has 0 radical (unpaired) electrons. The Kier molecular flexibility index (Phi) is 7.41. The molecule has 1 N–H and O–H groups in total. The number of carbonyl (C=O) groups excluding carboxylic acids is 1. The molecule has 0 saturated heterocycles. The summed E-state index contributed by atoms with van der Waals surface area (Å²) in [6, 6.07) is 23.7. The van der Waals surface area contributed by atoms with Crippen LogP contribution in [0.2, 0.25) is 0 Å². The molecule has 1 amide bonds. The highest BCUT2D eigenvalue weighted by Gasteiger charge is 2.22. The predicted octanol–water partition coefficient (Wildman–Crippen LogP) is 5.40. The van der Waals surface area contributed by atoms with Crippen LogP contribution >= 0.6 is 11.8 Å². The van der Waals surface area contributed by atoms with Crippen LogP contribution < -0.4 is 14.8 Å². The first-order valence-corrected chi connectivity index (χ1v) is 10.7. The number of rotatable bonds is 8. The van der Waals surface area contributed by atoms with E-state index in [0.29, 0.717) is 11.5 Å². The van der Waals surface area contributed by atoms with E-state index in [1.807, 2.05) is 67.6 Å². The van der Waals surface area contributed by atoms with Crippen LogP contribution in [0, 0.1) is 6.92 Å². The van der Waals surface area contributed by atoms with Crippen molar-refractivity contribution in [3.63, 3.8) is 0 Å². The summed E-state index contributed by atoms with van der Waals surface area (Å²) in [6.45, 7) is 3.98. The number of hydrogen-bond donors (Lipinski definition) is 1. The zero-order chi connectivity index (χ0) is 21.5. The highest BCUT2D eigenvalue weighted by Crippen LogP contribution is 2.34. The maximum absolute atomic E-state index is 13.1. The largest absolute Gasteiger partial charge is 0.493 e. The molecule has 156 valence electrons. The van der Waals surface area contributed by atoms with Gasteiger partial charge in [0.25, 0.3) is 0 Å². The normalized spacial score (nSPS) is 12.7. The first-order valence-electron chi connectivity index (χ1n) is 9.83. The van der Waals surface area contributed by atoms with Gasteiger partial charge in [-0.3, -0.25) is 4.79 Å². The van der Waals surface area contributed by atoms with Gasteiger partial charge in [0.1, 0.15) is 0 Å². The molecule has 0 spiro atoms. The van der Waals surface area contributed by atoms with Gasteiger partial charge in [-0.05, 0) is 48.7 Å². The van der Waals surface area contributed by atoms with Gasteiger partial charge < -0.3 is 14.8 Å². The summed E-state index contributed by atoms with van der Waals surface area (Å²) in [7, 11) is 3.21. The molecular formula is C25H27NO3S. The second kappa shape index (κ2) is 10.2. The van der Waals surface area contributed by atoms with Crippen molar-refractivity contribution in [2.45, 2.75) is 30.0 Å². The van der Waals surface area contributed by atoms with Crippen LogP contribution in [0.4, 0.5) is 0 Å². The van der Waals surface area contributed by atoms with E-state index in [9.17, 15) is 4.79 Å². The minimum atomic E-state index is -0.279. The van der Waals surface area contributed by atoms with Crippen LogP contribution in [0.5, 0.6) is 11.5 Å². The molecule has 3 aromatic rings. The van der Waals surface area contributed by atoms with Gasteiger partial charge >= 0.3 is 0 Å². The third-order valence-corrected chi connectivity index (χ3v) is 6.05. The Hall–Kier alpha value is -2.92. The van der Waals surface area contributed by atoms with Crippen LogP contribution in [0.25, 0.3) is 0 Å². The quantitative estimate of drug-likeness (QED) is 0.495. The maximum atomic E-state index is 13.1. The highest BCUT2D eigenvalue weighted by molar-refractivity contribution is 8.00. The molecule has 2 atom stereocenters. The molecule has 5 heteroatoms. The van der Waals surface area contributed by atoms with E-state index in [2.05, 4.69) is 24.4 Å². The molecular weight excluding hydrogens is 394 g/mol. The SMILES string of the molecule is COc1ccc(S[C@H](C)C(=O)N[C@@H](c2ccccc2)c2ccccc2C)cc1OC. The molecule has 0 heterocycles. The third-order valence-electron chi connectivity index (χ3n) is 4.96. The lowest BCUT2D eigenvalue weighted by Gasteiger charge is -2.23. The summed E-state index contributed by atoms with van der Waals surface area (Å²) in [5.74, 6) is 1.30. The Morgan fingerprint density at radius 3 is 2.23 bits per heavy atom. The molecule has 3 aromatic carbocycles. The fraction of sp³-hybridized carbons (Fsp3) is 0.240. The van der Waals surface area contributed by atoms with Crippen LogP contribution in [0.1, 0.15) is 29.7 Å². The average molecular weight is 422 g/mol. The molecule has 0 unspecified atom stereocenters. The number of aryl methyl sites for hydroxylation is 1. The average Bonchev–Trinajstić information content (AvgIpc) is 2.78. The lowest BCUT2D eigenvalue weighted by atomic mass is 9.95. The Morgan fingerprint density at radius 1 is 0.900 bits per heavy atom. The number of methoxy groups -OCH3 is 2. The Labute approximate surface area is 182 Å². The third kappa shape index (κ3) is 5.16. The van der Waals surface area contributed by atoms with Crippen LogP contribution in [0.3, 0.4) is 0 Å².